The zero-order chi connectivity index (χ0) is 7.66. The highest BCUT2D eigenvalue weighted by atomic mass is 13.6. The van der Waals surface area contributed by atoms with Crippen LogP contribution < -0.4 is 0 Å². The molecule has 0 rings (SSSR count). The van der Waals surface area contributed by atoms with Gasteiger partial charge in [0.25, 0.3) is 0 Å². The molecule has 0 unspecified atom stereocenters. The summed E-state index contributed by atoms with van der Waals surface area (Å²) in [4.78, 5) is 0. The maximum Gasteiger partial charge on any atom is -0.0115 e. The molecule has 16 heavy (non-hydrogen) atoms. The van der Waals surface area contributed by atoms with E-state index in [4.69, 9.17) is 0 Å². The van der Waals surface area contributed by atoms with Gasteiger partial charge in [0.15, 0.2) is 0 Å². The summed E-state index contributed by atoms with van der Waals surface area (Å²) < 4.78 is 0. The van der Waals surface area contributed by atoms with E-state index in [9.17, 15) is 0 Å². The van der Waals surface area contributed by atoms with E-state index >= 15 is 0 Å². The lowest BCUT2D eigenvalue weighted by Crippen LogP contribution is -1.44. The van der Waals surface area contributed by atoms with Gasteiger partial charge in [0.1, 0.15) is 0 Å². The fraction of sp³-hybridized carbons (Fsp3) is 0.500. The number of hydrogen-bond acceptors (Lipinski definition) is 0. The van der Waals surface area contributed by atoms with E-state index in [2.05, 4.69) is 25.0 Å². The molecule has 0 amide bonds. The van der Waals surface area contributed by atoms with Crippen molar-refractivity contribution in [2.24, 2.45) is 0 Å². The Balaban J connectivity index is -0.0000000270. The molecule has 0 aliphatic rings. The predicted molar refractivity (Wildman–Crippen MR) is 86.2 cm³/mol. The SMILES string of the molecule is C.C.C.C.C.C.C=CC=CC=C=C=CCC. The zero-order valence-corrected chi connectivity index (χ0v) is 6.30. The van der Waals surface area contributed by atoms with Crippen LogP contribution in [0.1, 0.15) is 57.9 Å². The molecule has 0 heterocycles. The lowest BCUT2D eigenvalue weighted by Gasteiger charge is -1.64. The van der Waals surface area contributed by atoms with Gasteiger partial charge < -0.3 is 0 Å². The monoisotopic (exact) mass is 228 g/mol. The van der Waals surface area contributed by atoms with Crippen LogP contribution >= 0.6 is 0 Å². The van der Waals surface area contributed by atoms with Gasteiger partial charge in [-0.15, -0.1) is 0 Å². The van der Waals surface area contributed by atoms with E-state index in [1.165, 1.54) is 0 Å². The van der Waals surface area contributed by atoms with E-state index < -0.39 is 0 Å². The predicted octanol–water partition coefficient (Wildman–Crippen LogP) is 6.82. The Morgan fingerprint density at radius 1 is 0.875 bits per heavy atom. The van der Waals surface area contributed by atoms with Crippen molar-refractivity contribution in [1.29, 1.82) is 0 Å². The lowest BCUT2D eigenvalue weighted by molar-refractivity contribution is 1.23. The average molecular weight is 228 g/mol. The summed E-state index contributed by atoms with van der Waals surface area (Å²) >= 11 is 0. The molecule has 0 saturated carbocycles. The summed E-state index contributed by atoms with van der Waals surface area (Å²) in [7, 11) is 0. The molecule has 0 nitrogen and oxygen atoms in total. The molecule has 0 aromatic rings. The third-order valence-electron chi connectivity index (χ3n) is 0.816. The van der Waals surface area contributed by atoms with E-state index in [1.54, 1.807) is 12.2 Å². The molecule has 0 N–H and O–H groups in total. The first-order chi connectivity index (χ1) is 4.91. The molecule has 0 aromatic heterocycles. The summed E-state index contributed by atoms with van der Waals surface area (Å²) in [5, 5.41) is 0. The van der Waals surface area contributed by atoms with Crippen molar-refractivity contribution in [3.05, 3.63) is 48.4 Å². The van der Waals surface area contributed by atoms with Gasteiger partial charge >= 0.3 is 0 Å². The van der Waals surface area contributed by atoms with Crippen molar-refractivity contribution < 1.29 is 0 Å². The van der Waals surface area contributed by atoms with Crippen molar-refractivity contribution in [3.63, 3.8) is 0 Å². The average Bonchev–Trinajstić information content (AvgIpc) is 1.97. The second-order valence-corrected chi connectivity index (χ2v) is 1.69. The molecule has 0 aliphatic heterocycles. The van der Waals surface area contributed by atoms with Crippen LogP contribution in [0.25, 0.3) is 0 Å². The van der Waals surface area contributed by atoms with Crippen molar-refractivity contribution in [2.45, 2.75) is 57.9 Å². The van der Waals surface area contributed by atoms with E-state index in [-0.39, 0.29) is 44.6 Å². The molecule has 0 saturated heterocycles. The Kier molecular flexibility index (Phi) is 142. The molecule has 100 valence electrons. The van der Waals surface area contributed by atoms with Gasteiger partial charge in [0.2, 0.25) is 0 Å². The van der Waals surface area contributed by atoms with Crippen molar-refractivity contribution in [2.75, 3.05) is 0 Å². The minimum absolute atomic E-state index is 0. The van der Waals surface area contributed by atoms with Gasteiger partial charge in [0.05, 0.1) is 0 Å². The smallest absolute Gasteiger partial charge is 0.0115 e. The Morgan fingerprint density at radius 3 is 1.75 bits per heavy atom. The summed E-state index contributed by atoms with van der Waals surface area (Å²) in [5.74, 6) is 0. The van der Waals surface area contributed by atoms with Gasteiger partial charge in [0, 0.05) is 0 Å². The van der Waals surface area contributed by atoms with Crippen LogP contribution in [0.3, 0.4) is 0 Å². The van der Waals surface area contributed by atoms with Crippen LogP contribution in [0, 0.1) is 0 Å². The molecular formula is C16H36. The minimum atomic E-state index is 0. The fourth-order valence-electron chi connectivity index (χ4n) is 0.391. The molecule has 0 bridgehead atoms. The molecule has 0 aromatic carbocycles. The Bertz CT molecular complexity index is 194. The molecule has 0 spiro atoms. The lowest BCUT2D eigenvalue weighted by atomic mass is 10.4. The van der Waals surface area contributed by atoms with Crippen LogP contribution in [-0.2, 0) is 0 Å². The third kappa shape index (κ3) is 53.1. The number of allylic oxidation sites excluding steroid dienone is 5. The van der Waals surface area contributed by atoms with Gasteiger partial charge in [-0.25, -0.2) is 0 Å². The number of rotatable bonds is 3. The fourth-order valence-corrected chi connectivity index (χ4v) is 0.391. The largest absolute Gasteiger partial charge is 0.0991 e. The van der Waals surface area contributed by atoms with Gasteiger partial charge in [-0.2, -0.15) is 0 Å². The van der Waals surface area contributed by atoms with Crippen LogP contribution in [0.15, 0.2) is 48.4 Å². The first-order valence-corrected chi connectivity index (χ1v) is 3.35. The summed E-state index contributed by atoms with van der Waals surface area (Å²) in [5.41, 5.74) is 5.73. The van der Waals surface area contributed by atoms with Crippen LogP contribution in [0.4, 0.5) is 0 Å². The first-order valence-electron chi connectivity index (χ1n) is 3.35. The maximum atomic E-state index is 3.53. The summed E-state index contributed by atoms with van der Waals surface area (Å²) in [6, 6.07) is 0. The van der Waals surface area contributed by atoms with Crippen molar-refractivity contribution in [3.8, 4) is 0 Å². The highest BCUT2D eigenvalue weighted by Crippen LogP contribution is 1.75. The molecule has 0 radical (unpaired) electrons. The van der Waals surface area contributed by atoms with E-state index in [1.807, 2.05) is 18.2 Å². The summed E-state index contributed by atoms with van der Waals surface area (Å²) in [6.07, 6.45) is 10.2. The van der Waals surface area contributed by atoms with E-state index in [0.717, 1.165) is 6.42 Å². The standard InChI is InChI=1S/C10H12.6CH4/c1-3-5-7-9-10-8-6-4-2;;;;;;/h3,5-7,9H,1,4H2,2H3;6*1H4. The van der Waals surface area contributed by atoms with Crippen LogP contribution in [0.5, 0.6) is 0 Å². The van der Waals surface area contributed by atoms with Gasteiger partial charge in [-0.05, 0) is 18.6 Å². The second-order valence-electron chi connectivity index (χ2n) is 1.69. The first kappa shape index (κ1) is 46.4. The topological polar surface area (TPSA) is 0 Å². The van der Waals surface area contributed by atoms with Crippen LogP contribution in [0.2, 0.25) is 0 Å². The molecule has 0 aliphatic carbocycles. The highest BCUT2D eigenvalue weighted by Gasteiger charge is 1.55. The molecular weight excluding hydrogens is 192 g/mol. The second kappa shape index (κ2) is 49.0. The molecule has 0 atom stereocenters. The van der Waals surface area contributed by atoms with Crippen LogP contribution in [-0.4, -0.2) is 0 Å². The van der Waals surface area contributed by atoms with Gasteiger partial charge in [-0.1, -0.05) is 87.8 Å². The Morgan fingerprint density at radius 2 is 1.38 bits per heavy atom. The minimum Gasteiger partial charge on any atom is -0.0991 e. The van der Waals surface area contributed by atoms with E-state index in [0.29, 0.717) is 0 Å². The molecule has 0 heteroatoms. The third-order valence-corrected chi connectivity index (χ3v) is 0.816. The van der Waals surface area contributed by atoms with Gasteiger partial charge in [-0.3, -0.25) is 0 Å². The van der Waals surface area contributed by atoms with Crippen molar-refractivity contribution in [1.82, 2.24) is 0 Å². The number of hydrogen-bond donors (Lipinski definition) is 0. The summed E-state index contributed by atoms with van der Waals surface area (Å²) in [6.45, 7) is 5.60. The Labute approximate surface area is 107 Å². The highest BCUT2D eigenvalue weighted by molar-refractivity contribution is 5.08. The molecule has 0 fully saturated rings. The maximum absolute atomic E-state index is 3.53. The quantitative estimate of drug-likeness (QED) is 0.367. The Hall–Kier alpha value is -1.22. The van der Waals surface area contributed by atoms with Crippen molar-refractivity contribution >= 4 is 0 Å². The normalized spacial score (nSPS) is 5.06. The zero-order valence-electron chi connectivity index (χ0n) is 6.30.